The molecule has 0 N–H and O–H groups in total. The molecule has 1 aliphatic heterocycles. The van der Waals surface area contributed by atoms with Gasteiger partial charge in [-0.1, -0.05) is 49.4 Å². The van der Waals surface area contributed by atoms with Crippen LogP contribution in [0.25, 0.3) is 0 Å². The Morgan fingerprint density at radius 1 is 1.11 bits per heavy atom. The van der Waals surface area contributed by atoms with E-state index in [4.69, 9.17) is 4.84 Å². The molecule has 1 fully saturated rings. The Balaban J connectivity index is 1.60. The average Bonchev–Trinajstić information content (AvgIpc) is 3.02. The van der Waals surface area contributed by atoms with Crippen molar-refractivity contribution in [3.63, 3.8) is 0 Å². The summed E-state index contributed by atoms with van der Waals surface area (Å²) in [5.74, 6) is 0.730. The van der Waals surface area contributed by atoms with Crippen molar-refractivity contribution in [3.05, 3.63) is 65.7 Å². The van der Waals surface area contributed by atoms with Crippen LogP contribution in [-0.2, 0) is 16.1 Å². The molecular weight excluding hydrogens is 348 g/mol. The first kappa shape index (κ1) is 20.6. The van der Waals surface area contributed by atoms with E-state index in [1.54, 1.807) is 0 Å². The Kier molecular flexibility index (Phi) is 7.24. The van der Waals surface area contributed by atoms with Gasteiger partial charge in [-0.15, -0.1) is 0 Å². The SMILES string of the molecule is Cc1ccccc1CCC(=O)N(OCCN1CC(C)CC1C)c1ccccc1. The van der Waals surface area contributed by atoms with Crippen molar-refractivity contribution >= 4 is 11.6 Å². The molecule has 4 nitrogen and oxygen atoms in total. The molecule has 2 aromatic rings. The fourth-order valence-electron chi connectivity index (χ4n) is 4.03. The van der Waals surface area contributed by atoms with E-state index in [9.17, 15) is 4.79 Å². The van der Waals surface area contributed by atoms with Gasteiger partial charge in [0, 0.05) is 25.6 Å². The number of anilines is 1. The molecular formula is C24H32N2O2. The Labute approximate surface area is 169 Å². The number of carbonyl (C=O) groups is 1. The van der Waals surface area contributed by atoms with Gasteiger partial charge in [-0.05, 0) is 55.9 Å². The second kappa shape index (κ2) is 9.85. The van der Waals surface area contributed by atoms with Gasteiger partial charge in [-0.2, -0.15) is 5.06 Å². The van der Waals surface area contributed by atoms with Gasteiger partial charge in [-0.3, -0.25) is 14.5 Å². The summed E-state index contributed by atoms with van der Waals surface area (Å²) in [5.41, 5.74) is 3.23. The summed E-state index contributed by atoms with van der Waals surface area (Å²) in [6, 6.07) is 18.5. The molecule has 0 bridgehead atoms. The highest BCUT2D eigenvalue weighted by Crippen LogP contribution is 2.22. The van der Waals surface area contributed by atoms with Crippen molar-refractivity contribution < 1.29 is 9.63 Å². The smallest absolute Gasteiger partial charge is 0.251 e. The van der Waals surface area contributed by atoms with Crippen LogP contribution < -0.4 is 5.06 Å². The van der Waals surface area contributed by atoms with E-state index in [1.165, 1.54) is 22.6 Å². The number of aryl methyl sites for hydroxylation is 2. The maximum absolute atomic E-state index is 13.0. The predicted molar refractivity (Wildman–Crippen MR) is 114 cm³/mol. The fraction of sp³-hybridized carbons (Fsp3) is 0.458. The summed E-state index contributed by atoms with van der Waals surface area (Å²) >= 11 is 0. The molecule has 1 saturated heterocycles. The summed E-state index contributed by atoms with van der Waals surface area (Å²) in [5, 5.41) is 1.49. The van der Waals surface area contributed by atoms with E-state index in [0.717, 1.165) is 31.1 Å². The quantitative estimate of drug-likeness (QED) is 0.626. The number of benzene rings is 2. The van der Waals surface area contributed by atoms with Gasteiger partial charge in [0.1, 0.15) is 0 Å². The molecule has 0 aromatic heterocycles. The number of hydrogen-bond acceptors (Lipinski definition) is 3. The predicted octanol–water partition coefficient (Wildman–Crippen LogP) is 4.62. The standard InChI is InChI=1S/C24H32N2O2/c1-19-17-21(3)25(18-19)15-16-28-26(23-11-5-4-6-12-23)24(27)14-13-22-10-8-7-9-20(22)2/h4-12,19,21H,13-18H2,1-3H3. The number of carbonyl (C=O) groups excluding carboxylic acids is 1. The van der Waals surface area contributed by atoms with Crippen LogP contribution in [0.15, 0.2) is 54.6 Å². The molecule has 2 unspecified atom stereocenters. The minimum Gasteiger partial charge on any atom is -0.298 e. The number of rotatable bonds is 8. The van der Waals surface area contributed by atoms with Crippen molar-refractivity contribution in [2.45, 2.75) is 46.1 Å². The first-order valence-electron chi connectivity index (χ1n) is 10.3. The number of likely N-dealkylation sites (tertiary alicyclic amines) is 1. The highest BCUT2D eigenvalue weighted by atomic mass is 16.7. The first-order valence-corrected chi connectivity index (χ1v) is 10.3. The first-order chi connectivity index (χ1) is 13.5. The molecule has 1 amide bonds. The maximum Gasteiger partial charge on any atom is 0.251 e. The van der Waals surface area contributed by atoms with Crippen LogP contribution in [0.5, 0.6) is 0 Å². The van der Waals surface area contributed by atoms with Crippen molar-refractivity contribution in [1.82, 2.24) is 4.90 Å². The van der Waals surface area contributed by atoms with Gasteiger partial charge < -0.3 is 0 Å². The molecule has 150 valence electrons. The highest BCUT2D eigenvalue weighted by Gasteiger charge is 2.26. The normalized spacial score (nSPS) is 19.7. The number of amides is 1. The van der Waals surface area contributed by atoms with Crippen LogP contribution in [-0.4, -0.2) is 36.5 Å². The molecule has 2 atom stereocenters. The van der Waals surface area contributed by atoms with Gasteiger partial charge in [0.25, 0.3) is 5.91 Å². The van der Waals surface area contributed by atoms with Crippen LogP contribution in [0, 0.1) is 12.8 Å². The van der Waals surface area contributed by atoms with Crippen molar-refractivity contribution in [3.8, 4) is 0 Å². The van der Waals surface area contributed by atoms with Crippen LogP contribution in [0.4, 0.5) is 5.69 Å². The van der Waals surface area contributed by atoms with Crippen molar-refractivity contribution in [2.75, 3.05) is 24.8 Å². The topological polar surface area (TPSA) is 32.8 Å². The van der Waals surface area contributed by atoms with E-state index in [-0.39, 0.29) is 5.91 Å². The summed E-state index contributed by atoms with van der Waals surface area (Å²) < 4.78 is 0. The van der Waals surface area contributed by atoms with E-state index in [0.29, 0.717) is 19.1 Å². The average molecular weight is 381 g/mol. The lowest BCUT2D eigenvalue weighted by Crippen LogP contribution is -2.36. The van der Waals surface area contributed by atoms with Crippen LogP contribution in [0.1, 0.15) is 37.8 Å². The molecule has 0 spiro atoms. The third kappa shape index (κ3) is 5.43. The minimum absolute atomic E-state index is 0.00251. The second-order valence-electron chi connectivity index (χ2n) is 7.97. The minimum atomic E-state index is -0.00251. The summed E-state index contributed by atoms with van der Waals surface area (Å²) in [6.07, 6.45) is 2.38. The molecule has 3 rings (SSSR count). The monoisotopic (exact) mass is 380 g/mol. The lowest BCUT2D eigenvalue weighted by Gasteiger charge is -2.25. The largest absolute Gasteiger partial charge is 0.298 e. The molecule has 0 radical (unpaired) electrons. The summed E-state index contributed by atoms with van der Waals surface area (Å²) in [6.45, 7) is 9.12. The molecule has 1 aliphatic rings. The summed E-state index contributed by atoms with van der Waals surface area (Å²) in [4.78, 5) is 21.4. The maximum atomic E-state index is 13.0. The Morgan fingerprint density at radius 2 is 1.82 bits per heavy atom. The zero-order valence-corrected chi connectivity index (χ0v) is 17.3. The molecule has 1 heterocycles. The van der Waals surface area contributed by atoms with Gasteiger partial charge >= 0.3 is 0 Å². The number of hydrogen-bond donors (Lipinski definition) is 0. The molecule has 2 aromatic carbocycles. The van der Waals surface area contributed by atoms with E-state index in [1.807, 2.05) is 42.5 Å². The van der Waals surface area contributed by atoms with Crippen LogP contribution >= 0.6 is 0 Å². The molecule has 28 heavy (non-hydrogen) atoms. The van der Waals surface area contributed by atoms with E-state index >= 15 is 0 Å². The van der Waals surface area contributed by atoms with Gasteiger partial charge in [0.15, 0.2) is 0 Å². The van der Waals surface area contributed by atoms with Gasteiger partial charge in [-0.25, -0.2) is 0 Å². The lowest BCUT2D eigenvalue weighted by molar-refractivity contribution is -0.126. The zero-order valence-electron chi connectivity index (χ0n) is 17.3. The van der Waals surface area contributed by atoms with Crippen LogP contribution in [0.2, 0.25) is 0 Å². The highest BCUT2D eigenvalue weighted by molar-refractivity contribution is 5.91. The Morgan fingerprint density at radius 3 is 2.50 bits per heavy atom. The van der Waals surface area contributed by atoms with E-state index in [2.05, 4.69) is 37.8 Å². The molecule has 0 aliphatic carbocycles. The second-order valence-corrected chi connectivity index (χ2v) is 7.97. The lowest BCUT2D eigenvalue weighted by atomic mass is 10.0. The van der Waals surface area contributed by atoms with Crippen molar-refractivity contribution in [2.24, 2.45) is 5.92 Å². The van der Waals surface area contributed by atoms with E-state index < -0.39 is 0 Å². The van der Waals surface area contributed by atoms with Crippen LogP contribution in [0.3, 0.4) is 0 Å². The molecule has 4 heteroatoms. The number of hydroxylamine groups is 1. The number of para-hydroxylation sites is 1. The molecule has 0 saturated carbocycles. The Hall–Kier alpha value is -2.17. The third-order valence-electron chi connectivity index (χ3n) is 5.60. The van der Waals surface area contributed by atoms with Crippen molar-refractivity contribution in [1.29, 1.82) is 0 Å². The number of nitrogens with zero attached hydrogens (tertiary/aromatic N) is 2. The van der Waals surface area contributed by atoms with Gasteiger partial charge in [0.2, 0.25) is 0 Å². The van der Waals surface area contributed by atoms with Gasteiger partial charge in [0.05, 0.1) is 12.3 Å². The Bertz CT molecular complexity index is 762. The fourth-order valence-corrected chi connectivity index (χ4v) is 4.03. The summed E-state index contributed by atoms with van der Waals surface area (Å²) in [7, 11) is 0. The zero-order chi connectivity index (χ0) is 19.9. The third-order valence-corrected chi connectivity index (χ3v) is 5.60.